The van der Waals surface area contributed by atoms with Gasteiger partial charge in [0.1, 0.15) is 24.1 Å². The van der Waals surface area contributed by atoms with Gasteiger partial charge in [0.25, 0.3) is 5.56 Å². The number of alkyl halides is 1. The number of ether oxygens (including phenoxy) is 1. The van der Waals surface area contributed by atoms with Crippen molar-refractivity contribution in [3.05, 3.63) is 41.7 Å². The van der Waals surface area contributed by atoms with Gasteiger partial charge in [0.2, 0.25) is 5.78 Å². The molecule has 21 heteroatoms. The van der Waals surface area contributed by atoms with E-state index < -0.39 is 41.8 Å². The average molecular weight is 650 g/mol. The van der Waals surface area contributed by atoms with Crippen LogP contribution >= 0.6 is 17.2 Å². The second kappa shape index (κ2) is 11.0. The largest absolute Gasteiger partial charge is 0.382 e. The third-order valence-corrected chi connectivity index (χ3v) is 9.88. The summed E-state index contributed by atoms with van der Waals surface area (Å²) in [5.41, 5.74) is 6.86. The molecule has 1 aliphatic carbocycles. The number of nitrogens with two attached hydrogens (primary N) is 1. The quantitative estimate of drug-likeness (QED) is 0.196. The highest BCUT2D eigenvalue weighted by atomic mass is 31.2. The van der Waals surface area contributed by atoms with Crippen molar-refractivity contribution in [2.75, 3.05) is 25.6 Å². The molecule has 5 aromatic rings. The Hall–Kier alpha value is -3.25. The molecule has 232 valence electrons. The fourth-order valence-corrected chi connectivity index (χ4v) is 7.60. The standard InChI is InChI=1S/C23H25FN10O8P2/c24-14-17-13(41-22(14)34-9-29-15-18(25)27-7-28-19(15)34)6-40-43(36)39-5-11-10(4-38-44(37)42-17)3-12(11)33-8-30-16-20(35)31-23-26-1-2-32(23)21(16)33/h1-2,7-14,17,22,36-37H,3-6H2,(H2,25,27,28)(H,26,31,35)/t10-,11-,12-,13-,14-,17-,22-,43?,44?/m1/s1. The maximum Gasteiger partial charge on any atom is 0.330 e. The number of nitrogen functional groups attached to an aromatic ring is 1. The lowest BCUT2D eigenvalue weighted by Crippen LogP contribution is -2.43. The van der Waals surface area contributed by atoms with Crippen LogP contribution in [0.15, 0.2) is 36.2 Å². The molecule has 44 heavy (non-hydrogen) atoms. The monoisotopic (exact) mass is 650 g/mol. The van der Waals surface area contributed by atoms with Crippen LogP contribution < -0.4 is 11.3 Å². The van der Waals surface area contributed by atoms with Gasteiger partial charge < -0.3 is 42.9 Å². The van der Waals surface area contributed by atoms with Crippen molar-refractivity contribution in [3.8, 4) is 0 Å². The predicted molar refractivity (Wildman–Crippen MR) is 149 cm³/mol. The Morgan fingerprint density at radius 2 is 1.80 bits per heavy atom. The molecule has 5 aromatic heterocycles. The summed E-state index contributed by atoms with van der Waals surface area (Å²) in [4.78, 5) is 57.3. The number of imidazole rings is 3. The van der Waals surface area contributed by atoms with Crippen LogP contribution in [-0.2, 0) is 22.8 Å². The minimum atomic E-state index is -2.52. The molecule has 7 heterocycles. The summed E-state index contributed by atoms with van der Waals surface area (Å²) in [6, 6.07) is -0.179. The van der Waals surface area contributed by atoms with E-state index in [1.54, 1.807) is 23.1 Å². The molecule has 1 saturated carbocycles. The smallest absolute Gasteiger partial charge is 0.330 e. The van der Waals surface area contributed by atoms with Gasteiger partial charge in [0.05, 0.1) is 32.5 Å². The summed E-state index contributed by atoms with van der Waals surface area (Å²) in [6.07, 6.45) is 2.62. The normalized spacial score (nSPS) is 33.4. The van der Waals surface area contributed by atoms with Gasteiger partial charge in [0.15, 0.2) is 35.0 Å². The molecule has 8 rings (SSSR count). The summed E-state index contributed by atoms with van der Waals surface area (Å²) in [7, 11) is -4.91. The minimum absolute atomic E-state index is 0.0750. The highest BCUT2D eigenvalue weighted by Crippen LogP contribution is 2.51. The topological polar surface area (TPSA) is 224 Å². The number of halogens is 1. The minimum Gasteiger partial charge on any atom is -0.382 e. The van der Waals surface area contributed by atoms with Gasteiger partial charge in [-0.25, -0.2) is 29.3 Å². The first-order valence-corrected chi connectivity index (χ1v) is 15.8. The molecule has 0 spiro atoms. The van der Waals surface area contributed by atoms with Gasteiger partial charge in [-0.2, -0.15) is 0 Å². The van der Waals surface area contributed by atoms with Crippen LogP contribution in [-0.4, -0.2) is 91.4 Å². The van der Waals surface area contributed by atoms with Gasteiger partial charge in [0, 0.05) is 24.4 Å². The van der Waals surface area contributed by atoms with Crippen molar-refractivity contribution < 1.29 is 37.0 Å². The van der Waals surface area contributed by atoms with E-state index in [0.29, 0.717) is 17.8 Å². The molecule has 9 atom stereocenters. The zero-order valence-electron chi connectivity index (χ0n) is 22.5. The Morgan fingerprint density at radius 1 is 1.00 bits per heavy atom. The number of anilines is 1. The third kappa shape index (κ3) is 4.58. The lowest BCUT2D eigenvalue weighted by Gasteiger charge is -2.45. The Kier molecular flexibility index (Phi) is 7.04. The SMILES string of the molecule is Nc1ncnc2c1ncn2[C@@H]1O[C@@H]2COP(O)OC[C@@H]3[C@@H](COP(O)O[C@H]2[C@H]1F)C[C@H]3n1cnc2c(=O)[nH]c3nccn3c21. The molecular formula is C23H25FN10O8P2. The van der Waals surface area contributed by atoms with Crippen molar-refractivity contribution in [2.45, 2.75) is 37.1 Å². The summed E-state index contributed by atoms with van der Waals surface area (Å²) in [5, 5.41) is 0. The highest BCUT2D eigenvalue weighted by molar-refractivity contribution is 7.40. The molecule has 0 radical (unpaired) electrons. The Bertz CT molecular complexity index is 1900. The molecule has 5 N–H and O–H groups in total. The van der Waals surface area contributed by atoms with Crippen LogP contribution in [0.4, 0.5) is 10.2 Å². The maximum absolute atomic E-state index is 15.9. The van der Waals surface area contributed by atoms with Crippen molar-refractivity contribution in [1.82, 2.24) is 43.4 Å². The van der Waals surface area contributed by atoms with E-state index in [1.165, 1.54) is 17.2 Å². The number of fused-ring (bicyclic) bond motifs is 6. The van der Waals surface area contributed by atoms with E-state index in [-0.39, 0.29) is 65.8 Å². The second-order valence-corrected chi connectivity index (χ2v) is 12.6. The zero-order chi connectivity index (χ0) is 30.1. The number of nitrogens with zero attached hydrogens (tertiary/aromatic N) is 8. The van der Waals surface area contributed by atoms with E-state index in [2.05, 4.69) is 29.9 Å². The fourth-order valence-electron chi connectivity index (χ4n) is 6.11. The predicted octanol–water partition coefficient (Wildman–Crippen LogP) is 1.09. The lowest BCUT2D eigenvalue weighted by molar-refractivity contribution is -0.0423. The van der Waals surface area contributed by atoms with Crippen LogP contribution in [0.5, 0.6) is 0 Å². The van der Waals surface area contributed by atoms with Crippen LogP contribution in [0.2, 0.25) is 0 Å². The number of hydrogen-bond donors (Lipinski definition) is 4. The molecule has 3 fully saturated rings. The van der Waals surface area contributed by atoms with Crippen molar-refractivity contribution in [3.63, 3.8) is 0 Å². The maximum atomic E-state index is 15.9. The Labute approximate surface area is 247 Å². The van der Waals surface area contributed by atoms with Crippen LogP contribution in [0.1, 0.15) is 18.7 Å². The van der Waals surface area contributed by atoms with Gasteiger partial charge in [-0.05, 0) is 12.3 Å². The first-order chi connectivity index (χ1) is 21.4. The van der Waals surface area contributed by atoms with E-state index >= 15 is 4.39 Å². The van der Waals surface area contributed by atoms with Gasteiger partial charge in [-0.3, -0.25) is 18.7 Å². The molecule has 0 bridgehead atoms. The van der Waals surface area contributed by atoms with Crippen molar-refractivity contribution in [2.24, 2.45) is 11.8 Å². The van der Waals surface area contributed by atoms with E-state index in [1.807, 2.05) is 4.57 Å². The zero-order valence-corrected chi connectivity index (χ0v) is 24.3. The Balaban J connectivity index is 1.02. The molecule has 2 aliphatic heterocycles. The van der Waals surface area contributed by atoms with Gasteiger partial charge in [-0.1, -0.05) is 0 Å². The lowest BCUT2D eigenvalue weighted by atomic mass is 9.70. The summed E-state index contributed by atoms with van der Waals surface area (Å²) in [5.74, 6) is 0.161. The first kappa shape index (κ1) is 28.2. The fraction of sp³-hybridized carbons (Fsp3) is 0.478. The van der Waals surface area contributed by atoms with E-state index in [0.717, 1.165) is 0 Å². The molecule has 18 nitrogen and oxygen atoms in total. The first-order valence-electron chi connectivity index (χ1n) is 13.6. The van der Waals surface area contributed by atoms with Crippen LogP contribution in [0.3, 0.4) is 0 Å². The Morgan fingerprint density at radius 3 is 2.68 bits per heavy atom. The number of H-pyrrole nitrogens is 1. The summed E-state index contributed by atoms with van der Waals surface area (Å²) >= 11 is 0. The number of nitrogens with one attached hydrogen (secondary N) is 1. The third-order valence-electron chi connectivity index (χ3n) is 8.34. The van der Waals surface area contributed by atoms with Crippen LogP contribution in [0.25, 0.3) is 28.1 Å². The van der Waals surface area contributed by atoms with Gasteiger partial charge in [-0.15, -0.1) is 0 Å². The molecule has 3 aliphatic rings. The highest BCUT2D eigenvalue weighted by Gasteiger charge is 2.50. The molecule has 0 aromatic carbocycles. The number of hydrogen-bond acceptors (Lipinski definition) is 14. The number of rotatable bonds is 2. The van der Waals surface area contributed by atoms with E-state index in [9.17, 15) is 14.6 Å². The number of aromatic amines is 1. The van der Waals surface area contributed by atoms with Crippen molar-refractivity contribution >= 4 is 51.1 Å². The molecule has 2 unspecified atom stereocenters. The van der Waals surface area contributed by atoms with Crippen molar-refractivity contribution in [1.29, 1.82) is 0 Å². The average Bonchev–Trinajstić information content (AvgIpc) is 3.78. The van der Waals surface area contributed by atoms with Gasteiger partial charge >= 0.3 is 17.2 Å². The summed E-state index contributed by atoms with van der Waals surface area (Å²) in [6.45, 7) is -0.153. The molecule has 0 amide bonds. The second-order valence-electron chi connectivity index (χ2n) is 10.7. The van der Waals surface area contributed by atoms with Crippen LogP contribution in [0, 0.1) is 11.8 Å². The molecular weight excluding hydrogens is 625 g/mol. The summed E-state index contributed by atoms with van der Waals surface area (Å²) < 4.78 is 49.4. The number of aromatic nitrogens is 9. The van der Waals surface area contributed by atoms with E-state index in [4.69, 9.17) is 28.6 Å². The molecule has 2 saturated heterocycles.